The number of fused-ring (bicyclic) bond motifs is 1. The zero-order chi connectivity index (χ0) is 22.8. The van der Waals surface area contributed by atoms with Crippen LogP contribution in [-0.4, -0.2) is 51.7 Å². The standard InChI is InChI=1S/C24H26N6O3/c1-15-6-7-16(22-28-24(33-29-22)17-11-18(12-17)25-8-10-32-2)13-19(15)27-23(31)20-14-26-21-5-3-4-9-30(20)21/h3-7,9,13-14,17-18,25H,8,10-12H2,1-2H3,(H,27,31). The summed E-state index contributed by atoms with van der Waals surface area (Å²) < 4.78 is 12.4. The summed E-state index contributed by atoms with van der Waals surface area (Å²) >= 11 is 0. The molecule has 3 heterocycles. The van der Waals surface area contributed by atoms with Crippen molar-refractivity contribution in [3.05, 3.63) is 65.9 Å². The molecule has 1 amide bonds. The van der Waals surface area contributed by atoms with Crippen molar-refractivity contribution in [3.63, 3.8) is 0 Å². The molecular formula is C24H26N6O3. The molecule has 170 valence electrons. The number of amides is 1. The maximum atomic E-state index is 12.9. The lowest BCUT2D eigenvalue weighted by atomic mass is 9.80. The first kappa shape index (κ1) is 21.3. The van der Waals surface area contributed by atoms with Gasteiger partial charge in [0.15, 0.2) is 0 Å². The van der Waals surface area contributed by atoms with E-state index in [-0.39, 0.29) is 11.8 Å². The van der Waals surface area contributed by atoms with Crippen LogP contribution in [0.3, 0.4) is 0 Å². The van der Waals surface area contributed by atoms with Gasteiger partial charge < -0.3 is 19.9 Å². The molecular weight excluding hydrogens is 420 g/mol. The number of aryl methyl sites for hydroxylation is 1. The Bertz CT molecular complexity index is 1270. The summed E-state index contributed by atoms with van der Waals surface area (Å²) in [7, 11) is 1.70. The fourth-order valence-corrected chi connectivity index (χ4v) is 4.05. The van der Waals surface area contributed by atoms with Crippen molar-refractivity contribution in [3.8, 4) is 11.4 Å². The van der Waals surface area contributed by atoms with Crippen LogP contribution in [0, 0.1) is 6.92 Å². The largest absolute Gasteiger partial charge is 0.383 e. The van der Waals surface area contributed by atoms with Crippen molar-refractivity contribution in [1.29, 1.82) is 0 Å². The van der Waals surface area contributed by atoms with Gasteiger partial charge in [0.2, 0.25) is 11.7 Å². The van der Waals surface area contributed by atoms with Crippen molar-refractivity contribution in [1.82, 2.24) is 24.8 Å². The van der Waals surface area contributed by atoms with E-state index in [9.17, 15) is 4.79 Å². The predicted octanol–water partition coefficient (Wildman–Crippen LogP) is 3.43. The Morgan fingerprint density at radius 3 is 3.00 bits per heavy atom. The third kappa shape index (κ3) is 4.37. The summed E-state index contributed by atoms with van der Waals surface area (Å²) in [6, 6.07) is 11.8. The van der Waals surface area contributed by atoms with Gasteiger partial charge in [0.05, 0.1) is 12.8 Å². The quantitative estimate of drug-likeness (QED) is 0.399. The topological polar surface area (TPSA) is 107 Å². The first-order valence-corrected chi connectivity index (χ1v) is 11.0. The number of rotatable bonds is 8. The average Bonchev–Trinajstić information content (AvgIpc) is 3.44. The molecule has 9 heteroatoms. The Balaban J connectivity index is 1.28. The van der Waals surface area contributed by atoms with Crippen molar-refractivity contribution >= 4 is 17.2 Å². The highest BCUT2D eigenvalue weighted by Gasteiger charge is 2.34. The molecule has 0 radical (unpaired) electrons. The molecule has 4 aromatic rings. The molecule has 0 atom stereocenters. The molecule has 0 unspecified atom stereocenters. The number of benzene rings is 1. The van der Waals surface area contributed by atoms with E-state index in [4.69, 9.17) is 9.26 Å². The van der Waals surface area contributed by atoms with E-state index in [1.54, 1.807) is 17.7 Å². The molecule has 0 aliphatic heterocycles. The third-order valence-corrected chi connectivity index (χ3v) is 6.06. The summed E-state index contributed by atoms with van der Waals surface area (Å²) in [6.45, 7) is 3.49. The number of carbonyl (C=O) groups is 1. The fourth-order valence-electron chi connectivity index (χ4n) is 4.05. The molecule has 33 heavy (non-hydrogen) atoms. The minimum atomic E-state index is -0.232. The first-order valence-electron chi connectivity index (χ1n) is 11.0. The van der Waals surface area contributed by atoms with E-state index in [1.807, 2.05) is 49.5 Å². The average molecular weight is 447 g/mol. The van der Waals surface area contributed by atoms with Crippen LogP contribution in [0.2, 0.25) is 0 Å². The summed E-state index contributed by atoms with van der Waals surface area (Å²) in [5, 5.41) is 10.6. The summed E-state index contributed by atoms with van der Waals surface area (Å²) in [6.07, 6.45) is 5.34. The highest BCUT2D eigenvalue weighted by molar-refractivity contribution is 6.04. The maximum Gasteiger partial charge on any atom is 0.274 e. The van der Waals surface area contributed by atoms with Crippen molar-refractivity contribution in [2.45, 2.75) is 31.7 Å². The van der Waals surface area contributed by atoms with Crippen molar-refractivity contribution in [2.75, 3.05) is 25.6 Å². The van der Waals surface area contributed by atoms with Gasteiger partial charge in [-0.15, -0.1) is 0 Å². The van der Waals surface area contributed by atoms with Gasteiger partial charge in [0.25, 0.3) is 5.91 Å². The Morgan fingerprint density at radius 2 is 2.15 bits per heavy atom. The molecule has 1 aliphatic carbocycles. The number of anilines is 1. The number of aromatic nitrogens is 4. The smallest absolute Gasteiger partial charge is 0.274 e. The minimum Gasteiger partial charge on any atom is -0.383 e. The van der Waals surface area contributed by atoms with Gasteiger partial charge in [-0.1, -0.05) is 23.4 Å². The number of pyridine rings is 1. The third-order valence-electron chi connectivity index (χ3n) is 6.06. The number of ether oxygens (including phenoxy) is 1. The molecule has 3 aromatic heterocycles. The Morgan fingerprint density at radius 1 is 1.27 bits per heavy atom. The molecule has 2 N–H and O–H groups in total. The lowest BCUT2D eigenvalue weighted by Crippen LogP contribution is -2.41. The van der Waals surface area contributed by atoms with Gasteiger partial charge in [0, 0.05) is 43.1 Å². The summed E-state index contributed by atoms with van der Waals surface area (Å²) in [5.74, 6) is 1.22. The van der Waals surface area contributed by atoms with E-state index in [2.05, 4.69) is 25.8 Å². The number of hydrogen-bond donors (Lipinski definition) is 2. The number of nitrogens with zero attached hydrogens (tertiary/aromatic N) is 4. The predicted molar refractivity (Wildman–Crippen MR) is 123 cm³/mol. The zero-order valence-corrected chi connectivity index (χ0v) is 18.6. The SMILES string of the molecule is COCCNC1CC(c2nc(-c3ccc(C)c(NC(=O)c4cnc5ccccn45)c3)no2)C1. The number of methoxy groups -OCH3 is 1. The maximum absolute atomic E-state index is 12.9. The van der Waals surface area contributed by atoms with Gasteiger partial charge in [0.1, 0.15) is 11.3 Å². The van der Waals surface area contributed by atoms with Crippen LogP contribution >= 0.6 is 0 Å². The Hall–Kier alpha value is -3.56. The first-order chi connectivity index (χ1) is 16.1. The molecule has 0 saturated heterocycles. The number of hydrogen-bond acceptors (Lipinski definition) is 7. The van der Waals surface area contributed by atoms with Crippen LogP contribution in [0.4, 0.5) is 5.69 Å². The second-order valence-corrected chi connectivity index (χ2v) is 8.32. The lowest BCUT2D eigenvalue weighted by molar-refractivity contribution is 0.102. The second-order valence-electron chi connectivity index (χ2n) is 8.32. The van der Waals surface area contributed by atoms with Crippen LogP contribution in [-0.2, 0) is 4.74 Å². The van der Waals surface area contributed by atoms with E-state index in [0.717, 1.165) is 36.2 Å². The summed E-state index contributed by atoms with van der Waals surface area (Å²) in [5.41, 5.74) is 3.61. The second kappa shape index (κ2) is 9.13. The molecule has 1 fully saturated rings. The van der Waals surface area contributed by atoms with Crippen LogP contribution in [0.15, 0.2) is 53.3 Å². The van der Waals surface area contributed by atoms with Gasteiger partial charge in [-0.05, 0) is 43.5 Å². The highest BCUT2D eigenvalue weighted by atomic mass is 16.5. The minimum absolute atomic E-state index is 0.232. The highest BCUT2D eigenvalue weighted by Crippen LogP contribution is 2.36. The Kier molecular flexibility index (Phi) is 5.89. The van der Waals surface area contributed by atoms with Crippen molar-refractivity contribution < 1.29 is 14.1 Å². The molecule has 0 spiro atoms. The van der Waals surface area contributed by atoms with Crippen LogP contribution in [0.5, 0.6) is 0 Å². The number of carbonyl (C=O) groups excluding carboxylic acids is 1. The van der Waals surface area contributed by atoms with Crippen molar-refractivity contribution in [2.24, 2.45) is 0 Å². The van der Waals surface area contributed by atoms with Crippen LogP contribution < -0.4 is 10.6 Å². The molecule has 1 aromatic carbocycles. The lowest BCUT2D eigenvalue weighted by Gasteiger charge is -2.33. The number of imidazole rings is 1. The molecule has 0 bridgehead atoms. The van der Waals surface area contributed by atoms with Crippen LogP contribution in [0.25, 0.3) is 17.0 Å². The van der Waals surface area contributed by atoms with E-state index >= 15 is 0 Å². The van der Waals surface area contributed by atoms with Gasteiger partial charge in [-0.2, -0.15) is 4.98 Å². The zero-order valence-electron chi connectivity index (χ0n) is 18.6. The summed E-state index contributed by atoms with van der Waals surface area (Å²) in [4.78, 5) is 21.8. The van der Waals surface area contributed by atoms with Crippen LogP contribution in [0.1, 0.15) is 40.7 Å². The van der Waals surface area contributed by atoms with Gasteiger partial charge in [-0.3, -0.25) is 9.20 Å². The molecule has 5 rings (SSSR count). The normalized spacial score (nSPS) is 17.8. The number of nitrogens with one attached hydrogen (secondary N) is 2. The van der Waals surface area contributed by atoms with E-state index in [1.165, 1.54) is 0 Å². The monoisotopic (exact) mass is 446 g/mol. The van der Waals surface area contributed by atoms with Gasteiger partial charge >= 0.3 is 0 Å². The van der Waals surface area contributed by atoms with Gasteiger partial charge in [-0.25, -0.2) is 4.98 Å². The molecule has 1 aliphatic rings. The van der Waals surface area contributed by atoms with E-state index < -0.39 is 0 Å². The molecule has 9 nitrogen and oxygen atoms in total. The molecule has 1 saturated carbocycles. The fraction of sp³-hybridized carbons (Fsp3) is 0.333. The Labute approximate surface area is 191 Å². The van der Waals surface area contributed by atoms with E-state index in [0.29, 0.717) is 35.7 Å².